The van der Waals surface area contributed by atoms with Crippen LogP contribution in [0.2, 0.25) is 0 Å². The highest BCUT2D eigenvalue weighted by molar-refractivity contribution is 14.1. The second-order valence-corrected chi connectivity index (χ2v) is 9.25. The van der Waals surface area contributed by atoms with E-state index in [1.807, 2.05) is 0 Å². The highest BCUT2D eigenvalue weighted by Crippen LogP contribution is 2.37. The van der Waals surface area contributed by atoms with E-state index in [-0.39, 0.29) is 11.0 Å². The van der Waals surface area contributed by atoms with Gasteiger partial charge in [-0.1, -0.05) is 55.7 Å². The molecule has 0 saturated heterocycles. The molecule has 2 nitrogen and oxygen atoms in total. The molecule has 22 heavy (non-hydrogen) atoms. The lowest BCUT2D eigenvalue weighted by Crippen LogP contribution is -2.44. The van der Waals surface area contributed by atoms with Crippen LogP contribution in [-0.2, 0) is 4.79 Å². The number of allylic oxidation sites excluding steroid dienone is 1. The van der Waals surface area contributed by atoms with Crippen LogP contribution in [0.3, 0.4) is 0 Å². The SMILES string of the molecule is CC1(C)CCN(C(C)(C)C)C=C1C(=O)CCCCCCCI. The molecule has 0 fully saturated rings. The van der Waals surface area contributed by atoms with Crippen LogP contribution in [-0.4, -0.2) is 27.2 Å². The Balaban J connectivity index is 2.58. The number of hydrogen-bond donors (Lipinski definition) is 0. The minimum Gasteiger partial charge on any atom is -0.372 e. The molecule has 1 rings (SSSR count). The number of rotatable bonds is 8. The zero-order valence-electron chi connectivity index (χ0n) is 15.2. The van der Waals surface area contributed by atoms with Gasteiger partial charge in [-0.05, 0) is 49.9 Å². The molecule has 3 heteroatoms. The second kappa shape index (κ2) is 8.70. The number of unbranched alkanes of at least 4 members (excludes halogenated alkanes) is 4. The number of ketones is 1. The third kappa shape index (κ3) is 6.21. The summed E-state index contributed by atoms with van der Waals surface area (Å²) in [5, 5.41) is 0. The van der Waals surface area contributed by atoms with Crippen molar-refractivity contribution in [2.45, 2.75) is 85.1 Å². The third-order valence-corrected chi connectivity index (χ3v) is 5.45. The van der Waals surface area contributed by atoms with Gasteiger partial charge in [-0.3, -0.25) is 4.79 Å². The van der Waals surface area contributed by atoms with Crippen molar-refractivity contribution in [2.24, 2.45) is 5.41 Å². The van der Waals surface area contributed by atoms with Gasteiger partial charge in [0.1, 0.15) is 0 Å². The predicted molar refractivity (Wildman–Crippen MR) is 105 cm³/mol. The van der Waals surface area contributed by atoms with Gasteiger partial charge in [0.2, 0.25) is 0 Å². The van der Waals surface area contributed by atoms with Crippen molar-refractivity contribution in [3.63, 3.8) is 0 Å². The number of hydrogen-bond acceptors (Lipinski definition) is 2. The van der Waals surface area contributed by atoms with E-state index >= 15 is 0 Å². The molecule has 1 aliphatic rings. The van der Waals surface area contributed by atoms with Gasteiger partial charge in [0.25, 0.3) is 0 Å². The number of nitrogens with zero attached hydrogens (tertiary/aromatic N) is 1. The Hall–Kier alpha value is -0.0600. The first-order chi connectivity index (χ1) is 10.2. The van der Waals surface area contributed by atoms with E-state index in [2.05, 4.69) is 68.3 Å². The van der Waals surface area contributed by atoms with Gasteiger partial charge in [0.05, 0.1) is 0 Å². The molecule has 1 aliphatic heterocycles. The fraction of sp³-hybridized carbons (Fsp3) is 0.842. The second-order valence-electron chi connectivity index (χ2n) is 8.17. The van der Waals surface area contributed by atoms with Crippen molar-refractivity contribution in [3.8, 4) is 0 Å². The van der Waals surface area contributed by atoms with Gasteiger partial charge < -0.3 is 4.90 Å². The van der Waals surface area contributed by atoms with E-state index in [1.165, 1.54) is 30.1 Å². The molecule has 0 aromatic carbocycles. The minimum atomic E-state index is 0.0278. The Bertz CT molecular complexity index is 393. The molecule has 0 atom stereocenters. The highest BCUT2D eigenvalue weighted by atomic mass is 127. The summed E-state index contributed by atoms with van der Waals surface area (Å²) in [6.07, 6.45) is 10.1. The average Bonchev–Trinajstić information content (AvgIpc) is 2.40. The Labute approximate surface area is 151 Å². The largest absolute Gasteiger partial charge is 0.372 e. The molecule has 0 saturated carbocycles. The molecule has 0 amide bonds. The zero-order chi connectivity index (χ0) is 16.8. The summed E-state index contributed by atoms with van der Waals surface area (Å²) < 4.78 is 1.25. The topological polar surface area (TPSA) is 20.3 Å². The van der Waals surface area contributed by atoms with Crippen LogP contribution in [0.25, 0.3) is 0 Å². The predicted octanol–water partition coefficient (Wildman–Crippen LogP) is 5.75. The normalized spacial score (nSPS) is 18.3. The first-order valence-electron chi connectivity index (χ1n) is 8.77. The molecule has 0 radical (unpaired) electrons. The molecule has 0 spiro atoms. The Morgan fingerprint density at radius 3 is 2.36 bits per heavy atom. The number of halogens is 1. The fourth-order valence-corrected chi connectivity index (χ4v) is 3.49. The van der Waals surface area contributed by atoms with E-state index in [4.69, 9.17) is 0 Å². The van der Waals surface area contributed by atoms with Crippen LogP contribution in [0, 0.1) is 5.41 Å². The maximum Gasteiger partial charge on any atom is 0.160 e. The summed E-state index contributed by atoms with van der Waals surface area (Å²) in [6, 6.07) is 0. The van der Waals surface area contributed by atoms with Gasteiger partial charge in [-0.25, -0.2) is 0 Å². The van der Waals surface area contributed by atoms with Gasteiger partial charge in [-0.2, -0.15) is 0 Å². The van der Waals surface area contributed by atoms with Crippen molar-refractivity contribution in [3.05, 3.63) is 11.8 Å². The Kier molecular flexibility index (Phi) is 7.90. The molecule has 0 N–H and O–H groups in total. The van der Waals surface area contributed by atoms with Crippen molar-refractivity contribution >= 4 is 28.4 Å². The Morgan fingerprint density at radius 2 is 1.77 bits per heavy atom. The van der Waals surface area contributed by atoms with Crippen LogP contribution in [0.4, 0.5) is 0 Å². The number of alkyl halides is 1. The third-order valence-electron chi connectivity index (χ3n) is 4.69. The van der Waals surface area contributed by atoms with Crippen LogP contribution >= 0.6 is 22.6 Å². The summed E-state index contributed by atoms with van der Waals surface area (Å²) in [5.41, 5.74) is 1.17. The summed E-state index contributed by atoms with van der Waals surface area (Å²) in [5.74, 6) is 0.368. The van der Waals surface area contributed by atoms with E-state index in [1.54, 1.807) is 0 Å². The van der Waals surface area contributed by atoms with Gasteiger partial charge >= 0.3 is 0 Å². The van der Waals surface area contributed by atoms with Crippen LogP contribution in [0.5, 0.6) is 0 Å². The lowest BCUT2D eigenvalue weighted by molar-refractivity contribution is -0.117. The zero-order valence-corrected chi connectivity index (χ0v) is 17.3. The van der Waals surface area contributed by atoms with Crippen LogP contribution in [0.1, 0.15) is 79.6 Å². The molecule has 0 aromatic rings. The lowest BCUT2D eigenvalue weighted by atomic mass is 9.76. The molecule has 0 aromatic heterocycles. The van der Waals surface area contributed by atoms with Gasteiger partial charge in [0, 0.05) is 30.3 Å². The molecular weight excluding hydrogens is 385 g/mol. The van der Waals surface area contributed by atoms with Crippen molar-refractivity contribution in [2.75, 3.05) is 11.0 Å². The summed E-state index contributed by atoms with van der Waals surface area (Å²) in [6.45, 7) is 12.1. The quantitative estimate of drug-likeness (QED) is 0.284. The van der Waals surface area contributed by atoms with Crippen molar-refractivity contribution in [1.82, 2.24) is 4.90 Å². The number of carbonyl (C=O) groups excluding carboxylic acids is 1. The molecule has 128 valence electrons. The minimum absolute atomic E-state index is 0.0278. The lowest BCUT2D eigenvalue weighted by Gasteiger charge is -2.43. The highest BCUT2D eigenvalue weighted by Gasteiger charge is 2.34. The van der Waals surface area contributed by atoms with E-state index < -0.39 is 0 Å². The number of carbonyl (C=O) groups is 1. The van der Waals surface area contributed by atoms with Crippen LogP contribution in [0.15, 0.2) is 11.8 Å². The smallest absolute Gasteiger partial charge is 0.160 e. The maximum atomic E-state index is 12.7. The maximum absolute atomic E-state index is 12.7. The molecule has 0 aliphatic carbocycles. The molecule has 0 bridgehead atoms. The van der Waals surface area contributed by atoms with Crippen molar-refractivity contribution in [1.29, 1.82) is 0 Å². The molecular formula is C19H34INO. The Morgan fingerprint density at radius 1 is 1.18 bits per heavy atom. The molecule has 0 unspecified atom stereocenters. The first-order valence-corrected chi connectivity index (χ1v) is 10.3. The first kappa shape index (κ1) is 20.0. The monoisotopic (exact) mass is 419 g/mol. The van der Waals surface area contributed by atoms with E-state index in [0.29, 0.717) is 5.78 Å². The standard InChI is InChI=1S/C19H34INO/c1-18(2,3)21-14-12-19(4,5)16(15-21)17(22)11-9-7-6-8-10-13-20/h15H,6-14H2,1-5H3. The van der Waals surface area contributed by atoms with Crippen LogP contribution < -0.4 is 0 Å². The van der Waals surface area contributed by atoms with Gasteiger partial charge in [0.15, 0.2) is 5.78 Å². The molecule has 1 heterocycles. The van der Waals surface area contributed by atoms with Gasteiger partial charge in [-0.15, -0.1) is 0 Å². The summed E-state index contributed by atoms with van der Waals surface area (Å²) in [7, 11) is 0. The fourth-order valence-electron chi connectivity index (χ4n) is 2.95. The summed E-state index contributed by atoms with van der Waals surface area (Å²) >= 11 is 2.43. The summed E-state index contributed by atoms with van der Waals surface area (Å²) in [4.78, 5) is 15.0. The van der Waals surface area contributed by atoms with Crippen molar-refractivity contribution < 1.29 is 4.79 Å². The van der Waals surface area contributed by atoms with E-state index in [9.17, 15) is 4.79 Å². The van der Waals surface area contributed by atoms with E-state index in [0.717, 1.165) is 31.4 Å². The number of Topliss-reactive ketones (excluding diaryl/α,β-unsaturated/α-hetero) is 1. The average molecular weight is 419 g/mol.